The maximum atomic E-state index is 11.7. The molecule has 1 heterocycles. The van der Waals surface area contributed by atoms with Gasteiger partial charge >= 0.3 is 6.03 Å². The van der Waals surface area contributed by atoms with Gasteiger partial charge in [0.05, 0.1) is 0 Å². The SMILES string of the molecule is CCCCCCCC1(CC)NC(=O)NC1=O. The van der Waals surface area contributed by atoms with Gasteiger partial charge in [-0.2, -0.15) is 0 Å². The van der Waals surface area contributed by atoms with Crippen molar-refractivity contribution in [3.8, 4) is 0 Å². The molecule has 0 aromatic heterocycles. The second-order valence-corrected chi connectivity index (χ2v) is 4.51. The van der Waals surface area contributed by atoms with Crippen molar-refractivity contribution in [2.24, 2.45) is 0 Å². The van der Waals surface area contributed by atoms with Gasteiger partial charge in [-0.25, -0.2) is 4.79 Å². The summed E-state index contributed by atoms with van der Waals surface area (Å²) in [5.74, 6) is -0.157. The smallest absolute Gasteiger partial charge is 0.322 e. The minimum absolute atomic E-state index is 0.157. The lowest BCUT2D eigenvalue weighted by Gasteiger charge is -2.24. The van der Waals surface area contributed by atoms with E-state index in [4.69, 9.17) is 0 Å². The van der Waals surface area contributed by atoms with Crippen LogP contribution in [0.2, 0.25) is 0 Å². The highest BCUT2D eigenvalue weighted by Gasteiger charge is 2.43. The molecule has 3 amide bonds. The second kappa shape index (κ2) is 5.87. The largest absolute Gasteiger partial charge is 0.323 e. The summed E-state index contributed by atoms with van der Waals surface area (Å²) >= 11 is 0. The Morgan fingerprint density at radius 1 is 1.06 bits per heavy atom. The van der Waals surface area contributed by atoms with Gasteiger partial charge in [0.15, 0.2) is 0 Å². The van der Waals surface area contributed by atoms with E-state index in [2.05, 4.69) is 17.6 Å². The highest BCUT2D eigenvalue weighted by molar-refractivity contribution is 6.06. The van der Waals surface area contributed by atoms with Crippen LogP contribution in [0.1, 0.15) is 58.8 Å². The number of unbranched alkanes of at least 4 members (excludes halogenated alkanes) is 4. The first-order chi connectivity index (χ1) is 7.64. The van der Waals surface area contributed by atoms with Gasteiger partial charge in [0.25, 0.3) is 5.91 Å². The van der Waals surface area contributed by atoms with Gasteiger partial charge in [0.1, 0.15) is 5.54 Å². The monoisotopic (exact) mass is 226 g/mol. The number of imide groups is 1. The van der Waals surface area contributed by atoms with Crippen LogP contribution in [0.4, 0.5) is 4.79 Å². The minimum Gasteiger partial charge on any atom is -0.323 e. The number of urea groups is 1. The Morgan fingerprint density at radius 2 is 1.75 bits per heavy atom. The van der Waals surface area contributed by atoms with E-state index < -0.39 is 5.54 Å². The Balaban J connectivity index is 2.37. The van der Waals surface area contributed by atoms with Gasteiger partial charge in [-0.3, -0.25) is 10.1 Å². The van der Waals surface area contributed by atoms with E-state index >= 15 is 0 Å². The number of hydrogen-bond acceptors (Lipinski definition) is 2. The lowest BCUT2D eigenvalue weighted by atomic mass is 9.89. The molecule has 1 rings (SSSR count). The molecule has 1 atom stereocenters. The molecule has 1 unspecified atom stereocenters. The lowest BCUT2D eigenvalue weighted by molar-refractivity contribution is -0.124. The predicted octanol–water partition coefficient (Wildman–Crippen LogP) is 2.34. The Hall–Kier alpha value is -1.06. The van der Waals surface area contributed by atoms with E-state index in [1.807, 2.05) is 6.92 Å². The highest BCUT2D eigenvalue weighted by atomic mass is 16.2. The van der Waals surface area contributed by atoms with E-state index in [1.165, 1.54) is 19.3 Å². The molecular weight excluding hydrogens is 204 g/mol. The summed E-state index contributed by atoms with van der Waals surface area (Å²) < 4.78 is 0. The molecule has 0 aromatic carbocycles. The zero-order chi connectivity index (χ0) is 12.0. The molecule has 4 heteroatoms. The number of carbonyl (C=O) groups excluding carboxylic acids is 2. The molecule has 0 saturated carbocycles. The topological polar surface area (TPSA) is 58.2 Å². The first-order valence-corrected chi connectivity index (χ1v) is 6.28. The van der Waals surface area contributed by atoms with Crippen LogP contribution in [0.5, 0.6) is 0 Å². The van der Waals surface area contributed by atoms with Crippen molar-refractivity contribution < 1.29 is 9.59 Å². The summed E-state index contributed by atoms with van der Waals surface area (Å²) in [4.78, 5) is 22.8. The molecule has 0 bridgehead atoms. The van der Waals surface area contributed by atoms with Gasteiger partial charge in [0, 0.05) is 0 Å². The second-order valence-electron chi connectivity index (χ2n) is 4.51. The van der Waals surface area contributed by atoms with Crippen molar-refractivity contribution in [1.29, 1.82) is 0 Å². The van der Waals surface area contributed by atoms with Crippen LogP contribution in [0.15, 0.2) is 0 Å². The molecular formula is C12H22N2O2. The molecule has 1 fully saturated rings. The third-order valence-electron chi connectivity index (χ3n) is 3.33. The van der Waals surface area contributed by atoms with Crippen LogP contribution in [0.25, 0.3) is 0 Å². The van der Waals surface area contributed by atoms with Gasteiger partial charge in [-0.05, 0) is 12.8 Å². The summed E-state index contributed by atoms with van der Waals surface area (Å²) in [6.07, 6.45) is 7.24. The van der Waals surface area contributed by atoms with E-state index in [1.54, 1.807) is 0 Å². The van der Waals surface area contributed by atoms with Gasteiger partial charge < -0.3 is 5.32 Å². The Labute approximate surface area is 97.2 Å². The zero-order valence-corrected chi connectivity index (χ0v) is 10.3. The van der Waals surface area contributed by atoms with Crippen LogP contribution in [0.3, 0.4) is 0 Å². The molecule has 1 saturated heterocycles. The minimum atomic E-state index is -0.636. The lowest BCUT2D eigenvalue weighted by Crippen LogP contribution is -2.46. The van der Waals surface area contributed by atoms with Crippen molar-refractivity contribution in [3.63, 3.8) is 0 Å². The molecule has 0 aromatic rings. The van der Waals surface area contributed by atoms with E-state index in [0.29, 0.717) is 6.42 Å². The molecule has 0 radical (unpaired) electrons. The van der Waals surface area contributed by atoms with Crippen molar-refractivity contribution >= 4 is 11.9 Å². The summed E-state index contributed by atoms with van der Waals surface area (Å²) in [6.45, 7) is 4.12. The van der Waals surface area contributed by atoms with Crippen LogP contribution in [-0.4, -0.2) is 17.5 Å². The number of hydrogen-bond donors (Lipinski definition) is 2. The summed E-state index contributed by atoms with van der Waals surface area (Å²) in [6, 6.07) is -0.347. The fourth-order valence-electron chi connectivity index (χ4n) is 2.16. The fourth-order valence-corrected chi connectivity index (χ4v) is 2.16. The number of carbonyl (C=O) groups is 2. The maximum Gasteiger partial charge on any atom is 0.322 e. The third kappa shape index (κ3) is 2.97. The first-order valence-electron chi connectivity index (χ1n) is 6.28. The van der Waals surface area contributed by atoms with Crippen LogP contribution in [0, 0.1) is 0 Å². The highest BCUT2D eigenvalue weighted by Crippen LogP contribution is 2.23. The molecule has 16 heavy (non-hydrogen) atoms. The summed E-state index contributed by atoms with van der Waals surface area (Å²) in [5, 5.41) is 5.08. The number of amides is 3. The molecule has 92 valence electrons. The molecule has 2 N–H and O–H groups in total. The molecule has 4 nitrogen and oxygen atoms in total. The van der Waals surface area contributed by atoms with Crippen molar-refractivity contribution in [2.45, 2.75) is 64.3 Å². The van der Waals surface area contributed by atoms with Gasteiger partial charge in [0.2, 0.25) is 0 Å². The molecule has 0 aliphatic carbocycles. The Bertz CT molecular complexity index is 266. The average molecular weight is 226 g/mol. The standard InChI is InChI=1S/C12H22N2O2/c1-3-5-6-7-8-9-12(4-2)10(15)13-11(16)14-12/h3-9H2,1-2H3,(H2,13,14,15,16). The fraction of sp³-hybridized carbons (Fsp3) is 0.833. The van der Waals surface area contributed by atoms with Gasteiger partial charge in [-0.1, -0.05) is 46.0 Å². The first kappa shape index (κ1) is 13.0. The quantitative estimate of drug-likeness (QED) is 0.517. The van der Waals surface area contributed by atoms with Crippen LogP contribution in [-0.2, 0) is 4.79 Å². The van der Waals surface area contributed by atoms with Crippen LogP contribution < -0.4 is 10.6 Å². The predicted molar refractivity (Wildman–Crippen MR) is 63.1 cm³/mol. The molecule has 0 spiro atoms. The van der Waals surface area contributed by atoms with E-state index in [-0.39, 0.29) is 11.9 Å². The maximum absolute atomic E-state index is 11.7. The van der Waals surface area contributed by atoms with E-state index in [0.717, 1.165) is 19.3 Å². The van der Waals surface area contributed by atoms with Crippen molar-refractivity contribution in [1.82, 2.24) is 10.6 Å². The normalized spacial score (nSPS) is 24.4. The third-order valence-corrected chi connectivity index (χ3v) is 3.33. The number of rotatable bonds is 7. The van der Waals surface area contributed by atoms with E-state index in [9.17, 15) is 9.59 Å². The molecule has 1 aliphatic heterocycles. The van der Waals surface area contributed by atoms with Crippen LogP contribution >= 0.6 is 0 Å². The van der Waals surface area contributed by atoms with Crippen molar-refractivity contribution in [2.75, 3.05) is 0 Å². The van der Waals surface area contributed by atoms with Gasteiger partial charge in [-0.15, -0.1) is 0 Å². The summed E-state index contributed by atoms with van der Waals surface area (Å²) in [7, 11) is 0. The summed E-state index contributed by atoms with van der Waals surface area (Å²) in [5.41, 5.74) is -0.636. The molecule has 1 aliphatic rings. The Morgan fingerprint density at radius 3 is 2.25 bits per heavy atom. The Kier molecular flexibility index (Phi) is 4.77. The zero-order valence-electron chi connectivity index (χ0n) is 10.3. The average Bonchev–Trinajstić information content (AvgIpc) is 2.54. The van der Waals surface area contributed by atoms with Crippen molar-refractivity contribution in [3.05, 3.63) is 0 Å². The number of nitrogens with one attached hydrogen (secondary N) is 2.